The van der Waals surface area contributed by atoms with Gasteiger partial charge in [0.15, 0.2) is 0 Å². The lowest BCUT2D eigenvalue weighted by molar-refractivity contribution is -0.133. The second-order valence-electron chi connectivity index (χ2n) is 4.60. The molecule has 2 amide bonds. The molecule has 3 N–H and O–H groups in total. The number of hydrogen-bond donors (Lipinski definition) is 2. The molecule has 1 fully saturated rings. The molecule has 19 heavy (non-hydrogen) atoms. The number of carbonyl (C=O) groups is 2. The number of thiazole rings is 1. The van der Waals surface area contributed by atoms with E-state index in [0.29, 0.717) is 25.3 Å². The van der Waals surface area contributed by atoms with E-state index in [0.717, 1.165) is 5.01 Å². The average molecular weight is 305 g/mol. The summed E-state index contributed by atoms with van der Waals surface area (Å²) in [6.07, 6.45) is 0. The van der Waals surface area contributed by atoms with Crippen molar-refractivity contribution in [2.45, 2.75) is 25.9 Å². The molecular weight excluding hydrogens is 288 g/mol. The Kier molecular flexibility index (Phi) is 4.89. The van der Waals surface area contributed by atoms with Crippen LogP contribution in [0.25, 0.3) is 0 Å². The maximum Gasteiger partial charge on any atom is 0.274 e. The summed E-state index contributed by atoms with van der Waals surface area (Å²) in [7, 11) is 0. The fourth-order valence-electron chi connectivity index (χ4n) is 1.90. The van der Waals surface area contributed by atoms with E-state index in [2.05, 4.69) is 10.3 Å². The molecule has 6 nitrogen and oxygen atoms in total. The number of nitrogens with zero attached hydrogens (tertiary/aromatic N) is 2. The number of nitrogens with two attached hydrogens (primary N) is 1. The number of nitrogens with one attached hydrogen (secondary N) is 1. The summed E-state index contributed by atoms with van der Waals surface area (Å²) in [5.74, 6) is -0.359. The summed E-state index contributed by atoms with van der Waals surface area (Å²) in [6.45, 7) is 4.75. The molecule has 1 aliphatic heterocycles. The second-order valence-corrected chi connectivity index (χ2v) is 5.54. The van der Waals surface area contributed by atoms with Crippen LogP contribution in [0.4, 0.5) is 0 Å². The highest BCUT2D eigenvalue weighted by atomic mass is 35.5. The van der Waals surface area contributed by atoms with Gasteiger partial charge in [-0.1, -0.05) is 0 Å². The first-order chi connectivity index (χ1) is 8.46. The van der Waals surface area contributed by atoms with E-state index in [1.165, 1.54) is 11.3 Å². The van der Waals surface area contributed by atoms with Crippen molar-refractivity contribution < 1.29 is 9.59 Å². The lowest BCUT2D eigenvalue weighted by atomic mass is 9.98. The predicted octanol–water partition coefficient (Wildman–Crippen LogP) is 0.374. The van der Waals surface area contributed by atoms with Crippen molar-refractivity contribution in [1.29, 1.82) is 0 Å². The molecule has 0 aromatic carbocycles. The Hall–Kier alpha value is -1.18. The van der Waals surface area contributed by atoms with Gasteiger partial charge in [-0.15, -0.1) is 23.7 Å². The van der Waals surface area contributed by atoms with E-state index >= 15 is 0 Å². The zero-order valence-electron chi connectivity index (χ0n) is 10.8. The third-order valence-electron chi connectivity index (χ3n) is 3.04. The van der Waals surface area contributed by atoms with Crippen molar-refractivity contribution in [3.8, 4) is 0 Å². The normalized spacial score (nSPS) is 17.6. The monoisotopic (exact) mass is 304 g/mol. The first-order valence-corrected chi connectivity index (χ1v) is 6.59. The van der Waals surface area contributed by atoms with Gasteiger partial charge in [-0.05, 0) is 13.8 Å². The molecule has 8 heteroatoms. The van der Waals surface area contributed by atoms with Gasteiger partial charge < -0.3 is 16.0 Å². The van der Waals surface area contributed by atoms with Crippen LogP contribution in [0.2, 0.25) is 0 Å². The quantitative estimate of drug-likeness (QED) is 0.826. The van der Waals surface area contributed by atoms with Crippen LogP contribution >= 0.6 is 23.7 Å². The van der Waals surface area contributed by atoms with Crippen LogP contribution in [0.1, 0.15) is 29.3 Å². The summed E-state index contributed by atoms with van der Waals surface area (Å²) in [5.41, 5.74) is 4.99. The molecule has 106 valence electrons. The van der Waals surface area contributed by atoms with Crippen molar-refractivity contribution in [1.82, 2.24) is 15.2 Å². The Morgan fingerprint density at radius 2 is 2.32 bits per heavy atom. The Morgan fingerprint density at radius 1 is 1.63 bits per heavy atom. The number of amides is 2. The minimum atomic E-state index is -0.845. The van der Waals surface area contributed by atoms with E-state index in [1.807, 2.05) is 0 Å². The zero-order chi connectivity index (χ0) is 13.3. The van der Waals surface area contributed by atoms with Gasteiger partial charge in [0, 0.05) is 25.0 Å². The summed E-state index contributed by atoms with van der Waals surface area (Å²) in [5, 5.41) is 5.16. The lowest BCUT2D eigenvalue weighted by Crippen LogP contribution is -2.63. The standard InChI is InChI=1S/C11H16N4O2S.ClH/c1-11(2)10(17)13-3-4-15(11)9(16)7-6-18-8(5-12)14-7;/h6H,3-5,12H2,1-2H3,(H,13,17);1H. The highest BCUT2D eigenvalue weighted by Crippen LogP contribution is 2.21. The number of rotatable bonds is 2. The van der Waals surface area contributed by atoms with E-state index < -0.39 is 5.54 Å². The second kappa shape index (κ2) is 5.85. The van der Waals surface area contributed by atoms with Crippen LogP contribution in [0.5, 0.6) is 0 Å². The Labute approximate surface area is 121 Å². The molecule has 1 saturated heterocycles. The van der Waals surface area contributed by atoms with Gasteiger partial charge >= 0.3 is 0 Å². The number of hydrogen-bond acceptors (Lipinski definition) is 5. The molecule has 1 aromatic heterocycles. The van der Waals surface area contributed by atoms with Gasteiger partial charge in [0.25, 0.3) is 5.91 Å². The minimum Gasteiger partial charge on any atom is -0.352 e. The van der Waals surface area contributed by atoms with Crippen molar-refractivity contribution >= 4 is 35.6 Å². The Morgan fingerprint density at radius 3 is 2.89 bits per heavy atom. The molecule has 0 aliphatic carbocycles. The summed E-state index contributed by atoms with van der Waals surface area (Å²) in [4.78, 5) is 29.8. The van der Waals surface area contributed by atoms with Gasteiger partial charge in [0.2, 0.25) is 5.91 Å². The Bertz CT molecular complexity index is 489. The Balaban J connectivity index is 0.00000180. The number of aromatic nitrogens is 1. The number of halogens is 1. The first-order valence-electron chi connectivity index (χ1n) is 5.71. The van der Waals surface area contributed by atoms with Crippen LogP contribution in [0, 0.1) is 0 Å². The topological polar surface area (TPSA) is 88.3 Å². The molecular formula is C11H17ClN4O2S. The molecule has 0 radical (unpaired) electrons. The van der Waals surface area contributed by atoms with Crippen LogP contribution in [-0.2, 0) is 11.3 Å². The summed E-state index contributed by atoms with van der Waals surface area (Å²) < 4.78 is 0. The third kappa shape index (κ3) is 2.88. The summed E-state index contributed by atoms with van der Waals surface area (Å²) >= 11 is 1.36. The van der Waals surface area contributed by atoms with Gasteiger partial charge in [-0.3, -0.25) is 9.59 Å². The molecule has 0 bridgehead atoms. The smallest absolute Gasteiger partial charge is 0.274 e. The van der Waals surface area contributed by atoms with Gasteiger partial charge in [-0.2, -0.15) is 0 Å². The zero-order valence-corrected chi connectivity index (χ0v) is 12.4. The van der Waals surface area contributed by atoms with Gasteiger partial charge in [0.05, 0.1) is 0 Å². The van der Waals surface area contributed by atoms with Crippen LogP contribution in [-0.4, -0.2) is 40.3 Å². The largest absolute Gasteiger partial charge is 0.352 e. The van der Waals surface area contributed by atoms with E-state index in [-0.39, 0.29) is 24.2 Å². The number of carbonyl (C=O) groups excluding carboxylic acids is 2. The van der Waals surface area contributed by atoms with E-state index in [9.17, 15) is 9.59 Å². The molecule has 1 aromatic rings. The minimum absolute atomic E-state index is 0. The van der Waals surface area contributed by atoms with Crippen molar-refractivity contribution in [2.24, 2.45) is 5.73 Å². The highest BCUT2D eigenvalue weighted by molar-refractivity contribution is 7.09. The molecule has 0 unspecified atom stereocenters. The van der Waals surface area contributed by atoms with Crippen LogP contribution < -0.4 is 11.1 Å². The maximum absolute atomic E-state index is 12.3. The third-order valence-corrected chi connectivity index (χ3v) is 3.91. The molecule has 2 heterocycles. The van der Waals surface area contributed by atoms with Gasteiger partial charge in [0.1, 0.15) is 16.2 Å². The van der Waals surface area contributed by atoms with Crippen LogP contribution in [0.15, 0.2) is 5.38 Å². The fraction of sp³-hybridized carbons (Fsp3) is 0.545. The molecule has 0 atom stereocenters. The maximum atomic E-state index is 12.3. The van der Waals surface area contributed by atoms with E-state index in [1.54, 1.807) is 24.1 Å². The lowest BCUT2D eigenvalue weighted by Gasteiger charge is -2.40. The van der Waals surface area contributed by atoms with Gasteiger partial charge in [-0.25, -0.2) is 4.98 Å². The molecule has 1 aliphatic rings. The molecule has 0 saturated carbocycles. The molecule has 0 spiro atoms. The van der Waals surface area contributed by atoms with Crippen molar-refractivity contribution in [2.75, 3.05) is 13.1 Å². The van der Waals surface area contributed by atoms with E-state index in [4.69, 9.17) is 5.73 Å². The summed E-state index contributed by atoms with van der Waals surface area (Å²) in [6, 6.07) is 0. The van der Waals surface area contributed by atoms with Crippen molar-refractivity contribution in [3.05, 3.63) is 16.1 Å². The fourth-order valence-corrected chi connectivity index (χ4v) is 2.54. The van der Waals surface area contributed by atoms with Crippen LogP contribution in [0.3, 0.4) is 0 Å². The average Bonchev–Trinajstić information content (AvgIpc) is 2.80. The molecule has 2 rings (SSSR count). The number of piperazine rings is 1. The SMILES string of the molecule is CC1(C)C(=O)NCCN1C(=O)c1csc(CN)n1.Cl. The van der Waals surface area contributed by atoms with Crippen molar-refractivity contribution in [3.63, 3.8) is 0 Å². The highest BCUT2D eigenvalue weighted by Gasteiger charge is 2.41. The first kappa shape index (κ1) is 15.9. The predicted molar refractivity (Wildman–Crippen MR) is 75.4 cm³/mol.